The van der Waals surface area contributed by atoms with Gasteiger partial charge in [0.15, 0.2) is 0 Å². The third-order valence-electron chi connectivity index (χ3n) is 10.5. The summed E-state index contributed by atoms with van der Waals surface area (Å²) in [6.45, 7) is 9.51. The monoisotopic (exact) mass is 663 g/mol. The molecule has 5 amide bonds. The van der Waals surface area contributed by atoms with Crippen molar-refractivity contribution in [3.8, 4) is 18.1 Å². The number of carbonyl (C=O) groups is 5. The fourth-order valence-electron chi connectivity index (χ4n) is 7.18. The second kappa shape index (κ2) is 14.6. The van der Waals surface area contributed by atoms with Crippen LogP contribution in [0.15, 0.2) is 24.3 Å². The molecule has 0 spiro atoms. The third kappa shape index (κ3) is 9.09. The first-order valence-electron chi connectivity index (χ1n) is 17.2. The first kappa shape index (κ1) is 36.8. The molecule has 48 heavy (non-hydrogen) atoms. The first-order chi connectivity index (χ1) is 22.4. The summed E-state index contributed by atoms with van der Waals surface area (Å²) in [5.41, 5.74) is 4.28. The van der Waals surface area contributed by atoms with Crippen LogP contribution in [0.4, 0.5) is 4.79 Å². The second-order valence-corrected chi connectivity index (χ2v) is 15.9. The van der Waals surface area contributed by atoms with Gasteiger partial charge in [-0.05, 0) is 80.9 Å². The number of hydrogen-bond donors (Lipinski definition) is 5. The maximum atomic E-state index is 14.5. The van der Waals surface area contributed by atoms with Gasteiger partial charge in [0.1, 0.15) is 17.8 Å². The number of amides is 5. The van der Waals surface area contributed by atoms with Gasteiger partial charge < -0.3 is 31.7 Å². The molecule has 11 heteroatoms. The summed E-state index contributed by atoms with van der Waals surface area (Å²) in [5, 5.41) is 19.0. The van der Waals surface area contributed by atoms with Gasteiger partial charge >= 0.3 is 6.03 Å². The van der Waals surface area contributed by atoms with Crippen LogP contribution >= 0.6 is 0 Å². The Morgan fingerprint density at radius 3 is 2.29 bits per heavy atom. The largest absolute Gasteiger partial charge is 0.508 e. The van der Waals surface area contributed by atoms with Crippen LogP contribution in [0.25, 0.3) is 0 Å². The van der Waals surface area contributed by atoms with Crippen LogP contribution in [0.2, 0.25) is 0 Å². The van der Waals surface area contributed by atoms with E-state index in [0.717, 1.165) is 50.5 Å². The lowest BCUT2D eigenvalue weighted by Crippen LogP contribution is -2.62. The molecule has 1 aliphatic heterocycles. The van der Waals surface area contributed by atoms with E-state index in [1.165, 1.54) is 4.90 Å². The number of likely N-dealkylation sites (tertiary alicyclic amines) is 1. The average Bonchev–Trinajstić information content (AvgIpc) is 3.71. The molecule has 0 aromatic heterocycles. The number of Topliss-reactive ketones (excluding diaryl/α,β-unsaturated/α-hetero) is 1. The minimum atomic E-state index is -1.12. The number of terminal acetylenes is 1. The van der Waals surface area contributed by atoms with Crippen LogP contribution in [0.1, 0.15) is 98.0 Å². The molecule has 3 fully saturated rings. The number of rotatable bonds is 12. The summed E-state index contributed by atoms with van der Waals surface area (Å²) in [4.78, 5) is 68.1. The normalized spacial score (nSPS) is 22.1. The fraction of sp³-hybridized carbons (Fsp3) is 0.649. The van der Waals surface area contributed by atoms with Crippen molar-refractivity contribution in [1.82, 2.24) is 20.9 Å². The molecule has 4 atom stereocenters. The van der Waals surface area contributed by atoms with E-state index in [-0.39, 0.29) is 30.6 Å². The number of primary amides is 1. The maximum absolute atomic E-state index is 14.5. The Hall–Kier alpha value is -4.07. The Morgan fingerprint density at radius 2 is 1.73 bits per heavy atom. The zero-order valence-electron chi connectivity index (χ0n) is 29.1. The van der Waals surface area contributed by atoms with Crippen molar-refractivity contribution >= 4 is 29.5 Å². The standard InChI is InChI=1S/C37H53N5O6/c1-7-36(5,6)25-20-28(32(46)39-27(19-23-14-15-23)29(44)31(38)45)42(22-25)33(47)30(35(2,3)4)40-34(48)41-37(16-9-8-10-17-37)21-24-12-11-13-26(43)18-24/h1,11-13,18,23,25,27-28,30,43H,8-10,14-17,19-22H2,2-6H3,(H2,38,45)(H,39,46)(H2,40,41,48)/t25-,27?,28+,30-/m1/s1. The Bertz CT molecular complexity index is 1430. The van der Waals surface area contributed by atoms with Crippen molar-refractivity contribution in [3.63, 3.8) is 0 Å². The summed E-state index contributed by atoms with van der Waals surface area (Å²) in [5.74, 6) is -0.0197. The Morgan fingerprint density at radius 1 is 1.06 bits per heavy atom. The number of phenols is 1. The van der Waals surface area contributed by atoms with Crippen LogP contribution < -0.4 is 21.7 Å². The average molecular weight is 664 g/mol. The van der Waals surface area contributed by atoms with E-state index >= 15 is 0 Å². The van der Waals surface area contributed by atoms with Crippen molar-refractivity contribution in [1.29, 1.82) is 0 Å². The van der Waals surface area contributed by atoms with Crippen molar-refractivity contribution in [2.75, 3.05) is 6.54 Å². The minimum absolute atomic E-state index is 0.162. The number of phenolic OH excluding ortho intramolecular Hbond substituents is 1. The number of urea groups is 1. The summed E-state index contributed by atoms with van der Waals surface area (Å²) in [7, 11) is 0. The fourth-order valence-corrected chi connectivity index (χ4v) is 7.18. The second-order valence-electron chi connectivity index (χ2n) is 15.9. The number of aromatic hydroxyl groups is 1. The highest BCUT2D eigenvalue weighted by molar-refractivity contribution is 6.37. The van der Waals surface area contributed by atoms with E-state index in [4.69, 9.17) is 12.2 Å². The molecule has 0 radical (unpaired) electrons. The van der Waals surface area contributed by atoms with Gasteiger partial charge in [-0.15, -0.1) is 12.3 Å². The Balaban J connectivity index is 1.57. The van der Waals surface area contributed by atoms with E-state index in [9.17, 15) is 29.1 Å². The van der Waals surface area contributed by atoms with Gasteiger partial charge in [-0.25, -0.2) is 4.79 Å². The van der Waals surface area contributed by atoms with Crippen LogP contribution in [0, 0.1) is 35.0 Å². The summed E-state index contributed by atoms with van der Waals surface area (Å²) >= 11 is 0. The number of nitrogens with two attached hydrogens (primary N) is 1. The lowest BCUT2D eigenvalue weighted by molar-refractivity contribution is -0.143. The highest BCUT2D eigenvalue weighted by Crippen LogP contribution is 2.39. The molecule has 2 saturated carbocycles. The molecule has 4 rings (SSSR count). The van der Waals surface area contributed by atoms with Gasteiger partial charge in [0, 0.05) is 17.5 Å². The minimum Gasteiger partial charge on any atom is -0.508 e. The molecule has 6 N–H and O–H groups in total. The number of ketones is 1. The van der Waals surface area contributed by atoms with E-state index in [0.29, 0.717) is 12.8 Å². The van der Waals surface area contributed by atoms with E-state index in [1.54, 1.807) is 18.2 Å². The predicted octanol–water partition coefficient (Wildman–Crippen LogP) is 3.57. The van der Waals surface area contributed by atoms with Crippen LogP contribution in [-0.4, -0.2) is 69.8 Å². The zero-order valence-corrected chi connectivity index (χ0v) is 29.1. The molecule has 1 aromatic carbocycles. The third-order valence-corrected chi connectivity index (χ3v) is 10.5. The van der Waals surface area contributed by atoms with E-state index in [2.05, 4.69) is 21.9 Å². The molecule has 1 aromatic rings. The van der Waals surface area contributed by atoms with Crippen molar-refractivity contribution in [2.24, 2.45) is 28.4 Å². The number of nitrogens with zero attached hydrogens (tertiary/aromatic N) is 1. The van der Waals surface area contributed by atoms with Crippen LogP contribution in [0.5, 0.6) is 5.75 Å². The number of nitrogens with one attached hydrogen (secondary N) is 3. The number of carbonyl (C=O) groups excluding carboxylic acids is 5. The molecule has 3 aliphatic rings. The first-order valence-corrected chi connectivity index (χ1v) is 17.2. The smallest absolute Gasteiger partial charge is 0.315 e. The molecule has 11 nitrogen and oxygen atoms in total. The molecule has 262 valence electrons. The van der Waals surface area contributed by atoms with Gasteiger partial charge in [0.25, 0.3) is 5.91 Å². The van der Waals surface area contributed by atoms with Gasteiger partial charge in [0.05, 0.1) is 6.04 Å². The van der Waals surface area contributed by atoms with Gasteiger partial charge in [0.2, 0.25) is 17.6 Å². The van der Waals surface area contributed by atoms with Crippen molar-refractivity contribution in [2.45, 2.75) is 122 Å². The van der Waals surface area contributed by atoms with Crippen LogP contribution in [0.3, 0.4) is 0 Å². The summed E-state index contributed by atoms with van der Waals surface area (Å²) < 4.78 is 0. The summed E-state index contributed by atoms with van der Waals surface area (Å²) in [6, 6.07) is 3.50. The van der Waals surface area contributed by atoms with E-state index in [1.807, 2.05) is 40.7 Å². The van der Waals surface area contributed by atoms with Crippen LogP contribution in [-0.2, 0) is 25.6 Å². The predicted molar refractivity (Wildman–Crippen MR) is 182 cm³/mol. The molecular formula is C37H53N5O6. The molecule has 0 bridgehead atoms. The van der Waals surface area contributed by atoms with Crippen molar-refractivity contribution in [3.05, 3.63) is 29.8 Å². The molecular weight excluding hydrogens is 610 g/mol. The van der Waals surface area contributed by atoms with E-state index < -0.39 is 64.0 Å². The molecule has 1 heterocycles. The van der Waals surface area contributed by atoms with Gasteiger partial charge in [-0.1, -0.05) is 65.0 Å². The Kier molecular flexibility index (Phi) is 11.2. The number of benzene rings is 1. The highest BCUT2D eigenvalue weighted by atomic mass is 16.3. The molecule has 1 saturated heterocycles. The lowest BCUT2D eigenvalue weighted by atomic mass is 9.77. The Labute approximate surface area is 284 Å². The highest BCUT2D eigenvalue weighted by Gasteiger charge is 2.49. The molecule has 2 aliphatic carbocycles. The topological polar surface area (TPSA) is 171 Å². The molecule has 1 unspecified atom stereocenters. The van der Waals surface area contributed by atoms with Crippen molar-refractivity contribution < 1.29 is 29.1 Å². The van der Waals surface area contributed by atoms with Gasteiger partial charge in [-0.3, -0.25) is 19.2 Å². The summed E-state index contributed by atoms with van der Waals surface area (Å²) in [6.07, 6.45) is 13.2. The maximum Gasteiger partial charge on any atom is 0.315 e. The number of hydrogen-bond acceptors (Lipinski definition) is 6. The SMILES string of the molecule is C#CC(C)(C)[C@@H]1C[C@@H](C(=O)NC(CC2CC2)C(=O)C(N)=O)N(C(=O)[C@@H](NC(=O)NC2(Cc3cccc(O)c3)CCCCC2)C(C)(C)C)C1. The van der Waals surface area contributed by atoms with Gasteiger partial charge in [-0.2, -0.15) is 0 Å². The zero-order chi connectivity index (χ0) is 35.4. The lowest BCUT2D eigenvalue weighted by Gasteiger charge is -2.40. The quantitative estimate of drug-likeness (QED) is 0.169.